The summed E-state index contributed by atoms with van der Waals surface area (Å²) in [6, 6.07) is 4.84. The molecule has 1 aliphatic carbocycles. The van der Waals surface area contributed by atoms with Crippen molar-refractivity contribution in [3.05, 3.63) is 36.3 Å². The van der Waals surface area contributed by atoms with Gasteiger partial charge in [-0.05, 0) is 36.2 Å². The minimum absolute atomic E-state index is 0.719. The van der Waals surface area contributed by atoms with Gasteiger partial charge in [0, 0.05) is 38.2 Å². The average Bonchev–Trinajstić information content (AvgIpc) is 3.13. The number of pyridine rings is 1. The average molecular weight is 260 g/mol. The van der Waals surface area contributed by atoms with Gasteiger partial charge in [-0.3, -0.25) is 0 Å². The molecule has 1 saturated carbocycles. The van der Waals surface area contributed by atoms with E-state index in [0.29, 0.717) is 0 Å². The van der Waals surface area contributed by atoms with Crippen LogP contribution in [0.1, 0.15) is 18.4 Å². The van der Waals surface area contributed by atoms with Gasteiger partial charge in [-0.15, -0.1) is 0 Å². The fourth-order valence-electron chi connectivity index (χ4n) is 1.73. The zero-order valence-corrected chi connectivity index (χ0v) is 11.2. The number of hydrogen-bond acceptors (Lipinski definition) is 4. The molecule has 18 heavy (non-hydrogen) atoms. The number of aryl methyl sites for hydroxylation is 1. The van der Waals surface area contributed by atoms with Crippen LogP contribution >= 0.6 is 11.8 Å². The van der Waals surface area contributed by atoms with Crippen LogP contribution in [-0.2, 0) is 13.6 Å². The topological polar surface area (TPSA) is 42.7 Å². The first-order chi connectivity index (χ1) is 8.83. The van der Waals surface area contributed by atoms with Crippen LogP contribution in [-0.4, -0.2) is 20.6 Å². The van der Waals surface area contributed by atoms with Gasteiger partial charge in [0.15, 0.2) is 5.16 Å². The molecular weight excluding hydrogens is 244 g/mol. The summed E-state index contributed by atoms with van der Waals surface area (Å²) in [6.07, 6.45) is 8.22. The van der Waals surface area contributed by atoms with Crippen molar-refractivity contribution < 1.29 is 0 Å². The third kappa shape index (κ3) is 2.73. The minimum atomic E-state index is 0.719. The van der Waals surface area contributed by atoms with E-state index in [4.69, 9.17) is 0 Å². The second-order valence-electron chi connectivity index (χ2n) is 4.55. The molecule has 0 unspecified atom stereocenters. The Labute approximate surface area is 111 Å². The van der Waals surface area contributed by atoms with Gasteiger partial charge in [-0.1, -0.05) is 6.07 Å². The molecule has 0 aromatic carbocycles. The highest BCUT2D eigenvalue weighted by molar-refractivity contribution is 7.99. The van der Waals surface area contributed by atoms with Gasteiger partial charge in [0.25, 0.3) is 0 Å². The summed E-state index contributed by atoms with van der Waals surface area (Å²) in [7, 11) is 2.00. The van der Waals surface area contributed by atoms with E-state index in [-0.39, 0.29) is 0 Å². The van der Waals surface area contributed by atoms with Crippen LogP contribution in [0.3, 0.4) is 0 Å². The van der Waals surface area contributed by atoms with Crippen molar-refractivity contribution in [2.45, 2.75) is 35.6 Å². The molecule has 0 bridgehead atoms. The van der Waals surface area contributed by atoms with Crippen molar-refractivity contribution in [1.82, 2.24) is 19.9 Å². The lowest BCUT2D eigenvalue weighted by molar-refractivity contribution is 0.674. The monoisotopic (exact) mass is 260 g/mol. The molecule has 4 nitrogen and oxygen atoms in total. The summed E-state index contributed by atoms with van der Waals surface area (Å²) < 4.78 is 2.01. The van der Waals surface area contributed by atoms with Crippen LogP contribution in [0.4, 0.5) is 0 Å². The molecule has 5 heteroatoms. The lowest BCUT2D eigenvalue weighted by Gasteiger charge is -2.08. The molecule has 0 saturated heterocycles. The Kier molecular flexibility index (Phi) is 3.34. The number of nitrogens with zero attached hydrogens (tertiary/aromatic N) is 3. The third-order valence-electron chi connectivity index (χ3n) is 2.97. The lowest BCUT2D eigenvalue weighted by Crippen LogP contribution is -2.16. The molecule has 0 aliphatic heterocycles. The Morgan fingerprint density at radius 1 is 1.39 bits per heavy atom. The van der Waals surface area contributed by atoms with Gasteiger partial charge in [-0.2, -0.15) is 0 Å². The summed E-state index contributed by atoms with van der Waals surface area (Å²) >= 11 is 1.62. The summed E-state index contributed by atoms with van der Waals surface area (Å²) in [5.41, 5.74) is 1.25. The van der Waals surface area contributed by atoms with Gasteiger partial charge < -0.3 is 9.88 Å². The molecule has 0 spiro atoms. The number of hydrogen-bond donors (Lipinski definition) is 1. The molecule has 1 aliphatic rings. The minimum Gasteiger partial charge on any atom is -0.329 e. The highest BCUT2D eigenvalue weighted by Gasteiger charge is 2.20. The maximum absolute atomic E-state index is 4.46. The second-order valence-corrected chi connectivity index (χ2v) is 5.50. The van der Waals surface area contributed by atoms with Crippen molar-refractivity contribution >= 4 is 11.8 Å². The molecule has 0 amide bonds. The van der Waals surface area contributed by atoms with Crippen molar-refractivity contribution in [3.63, 3.8) is 0 Å². The molecule has 94 valence electrons. The van der Waals surface area contributed by atoms with E-state index in [1.54, 1.807) is 11.8 Å². The molecule has 2 aromatic rings. The first kappa shape index (κ1) is 11.7. The third-order valence-corrected chi connectivity index (χ3v) is 4.11. The molecular formula is C13H16N4S. The van der Waals surface area contributed by atoms with Gasteiger partial charge in [-0.25, -0.2) is 9.97 Å². The van der Waals surface area contributed by atoms with Crippen LogP contribution in [0, 0.1) is 0 Å². The maximum Gasteiger partial charge on any atom is 0.174 e. The highest BCUT2D eigenvalue weighted by atomic mass is 32.2. The lowest BCUT2D eigenvalue weighted by atomic mass is 10.3. The normalized spacial score (nSPS) is 14.9. The van der Waals surface area contributed by atoms with E-state index in [2.05, 4.69) is 21.4 Å². The fourth-order valence-corrected chi connectivity index (χ4v) is 2.61. The molecule has 2 aromatic heterocycles. The first-order valence-electron chi connectivity index (χ1n) is 6.15. The zero-order chi connectivity index (χ0) is 12.4. The van der Waals surface area contributed by atoms with Crippen LogP contribution < -0.4 is 5.32 Å². The molecule has 1 fully saturated rings. The van der Waals surface area contributed by atoms with E-state index < -0.39 is 0 Å². The Hall–Kier alpha value is -1.33. The van der Waals surface area contributed by atoms with Crippen LogP contribution in [0.2, 0.25) is 0 Å². The predicted octanol–water partition coefficient (Wildman–Crippen LogP) is 2.22. The fraction of sp³-hybridized carbons (Fsp3) is 0.385. The molecule has 2 heterocycles. The molecule has 1 N–H and O–H groups in total. The smallest absolute Gasteiger partial charge is 0.174 e. The van der Waals surface area contributed by atoms with Crippen LogP contribution in [0.15, 0.2) is 40.9 Å². The van der Waals surface area contributed by atoms with Crippen molar-refractivity contribution in [2.75, 3.05) is 0 Å². The Morgan fingerprint density at radius 3 is 3.00 bits per heavy atom. The standard InChI is InChI=1S/C13H16N4S/c1-17-8-7-15-13(17)18-12-10(3-2-6-14-12)9-16-11-4-5-11/h2-3,6-8,11,16H,4-5,9H2,1H3. The van der Waals surface area contributed by atoms with Crippen molar-refractivity contribution in [1.29, 1.82) is 0 Å². The Bertz CT molecular complexity index is 533. The molecule has 0 radical (unpaired) electrons. The van der Waals surface area contributed by atoms with Crippen LogP contribution in [0.5, 0.6) is 0 Å². The van der Waals surface area contributed by atoms with Crippen LogP contribution in [0.25, 0.3) is 0 Å². The molecule has 3 rings (SSSR count). The van der Waals surface area contributed by atoms with Gasteiger partial charge in [0.05, 0.1) is 0 Å². The predicted molar refractivity (Wildman–Crippen MR) is 71.4 cm³/mol. The van der Waals surface area contributed by atoms with Crippen molar-refractivity contribution in [3.8, 4) is 0 Å². The zero-order valence-electron chi connectivity index (χ0n) is 10.3. The van der Waals surface area contributed by atoms with E-state index in [0.717, 1.165) is 22.8 Å². The Morgan fingerprint density at radius 2 is 2.28 bits per heavy atom. The van der Waals surface area contributed by atoms with Gasteiger partial charge >= 0.3 is 0 Å². The van der Waals surface area contributed by atoms with Gasteiger partial charge in [0.1, 0.15) is 5.03 Å². The quantitative estimate of drug-likeness (QED) is 0.895. The maximum atomic E-state index is 4.46. The Balaban J connectivity index is 1.75. The largest absolute Gasteiger partial charge is 0.329 e. The number of imidazole rings is 1. The second kappa shape index (κ2) is 5.12. The summed E-state index contributed by atoms with van der Waals surface area (Å²) in [5.74, 6) is 0. The van der Waals surface area contributed by atoms with Gasteiger partial charge in [0.2, 0.25) is 0 Å². The number of aromatic nitrogens is 3. The molecule has 0 atom stereocenters. The van der Waals surface area contributed by atoms with Crippen molar-refractivity contribution in [2.24, 2.45) is 7.05 Å². The SMILES string of the molecule is Cn1ccnc1Sc1ncccc1CNC1CC1. The van der Waals surface area contributed by atoms with E-state index in [1.807, 2.05) is 36.3 Å². The summed E-state index contributed by atoms with van der Waals surface area (Å²) in [5, 5.41) is 5.54. The summed E-state index contributed by atoms with van der Waals surface area (Å²) in [6.45, 7) is 0.894. The number of nitrogens with one attached hydrogen (secondary N) is 1. The summed E-state index contributed by atoms with van der Waals surface area (Å²) in [4.78, 5) is 8.79. The van der Waals surface area contributed by atoms with E-state index in [9.17, 15) is 0 Å². The first-order valence-corrected chi connectivity index (χ1v) is 6.97. The van der Waals surface area contributed by atoms with E-state index >= 15 is 0 Å². The number of rotatable bonds is 5. The highest BCUT2D eigenvalue weighted by Crippen LogP contribution is 2.27. The van der Waals surface area contributed by atoms with E-state index in [1.165, 1.54) is 18.4 Å².